The lowest BCUT2D eigenvalue weighted by Crippen LogP contribution is -2.26. The standard InChI is InChI=1S/C21H28N2O2S/c1-6-7-12-22-17(24)15-13-10-8-9-11-14(13)26-19(15)23-18(25)16-20(2,3)21(16,4)5/h8-11,16H,6-7,12H2,1-5H3,(H,22,24)(H,23,25). The molecule has 1 aromatic heterocycles. The Morgan fingerprint density at radius 2 is 1.77 bits per heavy atom. The number of nitrogens with one attached hydrogen (secondary N) is 2. The summed E-state index contributed by atoms with van der Waals surface area (Å²) in [6, 6.07) is 7.82. The van der Waals surface area contributed by atoms with Crippen LogP contribution in [0.15, 0.2) is 24.3 Å². The quantitative estimate of drug-likeness (QED) is 0.697. The molecule has 2 N–H and O–H groups in total. The van der Waals surface area contributed by atoms with Crippen molar-refractivity contribution in [1.29, 1.82) is 0 Å². The Kier molecular flexibility index (Phi) is 4.86. The number of amides is 2. The molecule has 26 heavy (non-hydrogen) atoms. The molecule has 2 aromatic rings. The van der Waals surface area contributed by atoms with Gasteiger partial charge in [0.2, 0.25) is 5.91 Å². The van der Waals surface area contributed by atoms with E-state index in [1.807, 2.05) is 24.3 Å². The van der Waals surface area contributed by atoms with Crippen molar-refractivity contribution in [2.75, 3.05) is 11.9 Å². The van der Waals surface area contributed by atoms with Crippen molar-refractivity contribution in [3.8, 4) is 0 Å². The van der Waals surface area contributed by atoms with E-state index in [-0.39, 0.29) is 28.6 Å². The molecule has 140 valence electrons. The third-order valence-corrected chi connectivity index (χ3v) is 7.24. The Bertz CT molecular complexity index is 837. The van der Waals surface area contributed by atoms with Gasteiger partial charge in [0, 0.05) is 22.5 Å². The van der Waals surface area contributed by atoms with E-state index in [9.17, 15) is 9.59 Å². The van der Waals surface area contributed by atoms with E-state index in [2.05, 4.69) is 45.3 Å². The summed E-state index contributed by atoms with van der Waals surface area (Å²) in [6.45, 7) is 11.2. The van der Waals surface area contributed by atoms with Gasteiger partial charge in [-0.15, -0.1) is 11.3 Å². The normalized spacial score (nSPS) is 17.9. The van der Waals surface area contributed by atoms with Crippen LogP contribution in [0.5, 0.6) is 0 Å². The number of rotatable bonds is 6. The van der Waals surface area contributed by atoms with Crippen LogP contribution < -0.4 is 10.6 Å². The molecule has 0 aliphatic heterocycles. The number of hydrogen-bond acceptors (Lipinski definition) is 3. The van der Waals surface area contributed by atoms with Crippen LogP contribution in [0.1, 0.15) is 57.8 Å². The molecule has 1 aliphatic rings. The highest BCUT2D eigenvalue weighted by Crippen LogP contribution is 2.68. The van der Waals surface area contributed by atoms with Gasteiger partial charge < -0.3 is 10.6 Å². The van der Waals surface area contributed by atoms with Gasteiger partial charge in [-0.1, -0.05) is 59.2 Å². The number of carbonyl (C=O) groups is 2. The molecule has 0 bridgehead atoms. The highest BCUT2D eigenvalue weighted by Gasteiger charge is 2.68. The van der Waals surface area contributed by atoms with E-state index in [1.54, 1.807) is 0 Å². The molecule has 4 nitrogen and oxygen atoms in total. The van der Waals surface area contributed by atoms with Crippen LogP contribution in [-0.2, 0) is 4.79 Å². The lowest BCUT2D eigenvalue weighted by Gasteiger charge is -2.09. The first-order valence-corrected chi connectivity index (χ1v) is 10.1. The zero-order valence-corrected chi connectivity index (χ0v) is 17.0. The van der Waals surface area contributed by atoms with Crippen molar-refractivity contribution < 1.29 is 9.59 Å². The molecular formula is C21H28N2O2S. The van der Waals surface area contributed by atoms with E-state index in [4.69, 9.17) is 0 Å². The number of anilines is 1. The van der Waals surface area contributed by atoms with Crippen molar-refractivity contribution in [2.45, 2.75) is 47.5 Å². The summed E-state index contributed by atoms with van der Waals surface area (Å²) < 4.78 is 1.01. The fraction of sp³-hybridized carbons (Fsp3) is 0.524. The molecule has 5 heteroatoms. The Morgan fingerprint density at radius 1 is 1.12 bits per heavy atom. The van der Waals surface area contributed by atoms with Gasteiger partial charge in [0.15, 0.2) is 0 Å². The zero-order valence-electron chi connectivity index (χ0n) is 16.2. The first-order valence-electron chi connectivity index (χ1n) is 9.32. The number of benzene rings is 1. The molecule has 1 aliphatic carbocycles. The van der Waals surface area contributed by atoms with Gasteiger partial charge in [-0.05, 0) is 23.3 Å². The molecule has 0 saturated heterocycles. The van der Waals surface area contributed by atoms with Crippen LogP contribution in [0.2, 0.25) is 0 Å². The summed E-state index contributed by atoms with van der Waals surface area (Å²) in [5, 5.41) is 7.60. The molecule has 1 heterocycles. The molecule has 0 spiro atoms. The van der Waals surface area contributed by atoms with Crippen LogP contribution in [-0.4, -0.2) is 18.4 Å². The van der Waals surface area contributed by atoms with E-state index in [1.165, 1.54) is 11.3 Å². The summed E-state index contributed by atoms with van der Waals surface area (Å²) >= 11 is 1.47. The van der Waals surface area contributed by atoms with Crippen molar-refractivity contribution in [2.24, 2.45) is 16.7 Å². The van der Waals surface area contributed by atoms with E-state index < -0.39 is 0 Å². The van der Waals surface area contributed by atoms with Gasteiger partial charge >= 0.3 is 0 Å². The molecule has 0 atom stereocenters. The molecular weight excluding hydrogens is 344 g/mol. The van der Waals surface area contributed by atoms with Crippen molar-refractivity contribution in [3.05, 3.63) is 29.8 Å². The van der Waals surface area contributed by atoms with Crippen LogP contribution in [0, 0.1) is 16.7 Å². The van der Waals surface area contributed by atoms with Crippen LogP contribution in [0.3, 0.4) is 0 Å². The van der Waals surface area contributed by atoms with Gasteiger partial charge in [-0.25, -0.2) is 0 Å². The van der Waals surface area contributed by atoms with E-state index in [0.717, 1.165) is 22.9 Å². The molecule has 1 aromatic carbocycles. The largest absolute Gasteiger partial charge is 0.352 e. The van der Waals surface area contributed by atoms with Crippen molar-refractivity contribution >= 4 is 38.2 Å². The van der Waals surface area contributed by atoms with Gasteiger partial charge in [-0.3, -0.25) is 9.59 Å². The number of unbranched alkanes of at least 4 members (excludes halogenated alkanes) is 1. The summed E-state index contributed by atoms with van der Waals surface area (Å²) in [6.07, 6.45) is 1.97. The molecule has 0 unspecified atom stereocenters. The second kappa shape index (κ2) is 6.69. The lowest BCUT2D eigenvalue weighted by atomic mass is 10.0. The molecule has 1 fully saturated rings. The van der Waals surface area contributed by atoms with Gasteiger partial charge in [0.05, 0.1) is 5.56 Å². The first kappa shape index (κ1) is 18.9. The minimum absolute atomic E-state index is 0.00849. The second-order valence-corrected chi connectivity index (χ2v) is 9.33. The van der Waals surface area contributed by atoms with Crippen LogP contribution in [0.4, 0.5) is 5.00 Å². The maximum absolute atomic E-state index is 12.9. The summed E-state index contributed by atoms with van der Waals surface area (Å²) in [5.41, 5.74) is 0.528. The topological polar surface area (TPSA) is 58.2 Å². The Morgan fingerprint density at radius 3 is 2.38 bits per heavy atom. The first-order chi connectivity index (χ1) is 12.2. The third kappa shape index (κ3) is 3.02. The fourth-order valence-electron chi connectivity index (χ4n) is 3.86. The smallest absolute Gasteiger partial charge is 0.254 e. The Hall–Kier alpha value is -1.88. The maximum Gasteiger partial charge on any atom is 0.254 e. The average molecular weight is 373 g/mol. The van der Waals surface area contributed by atoms with Crippen molar-refractivity contribution in [1.82, 2.24) is 5.32 Å². The monoisotopic (exact) mass is 372 g/mol. The fourth-order valence-corrected chi connectivity index (χ4v) is 4.96. The zero-order chi connectivity index (χ0) is 19.1. The third-order valence-electron chi connectivity index (χ3n) is 6.16. The van der Waals surface area contributed by atoms with Crippen LogP contribution in [0.25, 0.3) is 10.1 Å². The number of carbonyl (C=O) groups excluding carboxylic acids is 2. The minimum atomic E-state index is -0.111. The summed E-state index contributed by atoms with van der Waals surface area (Å²) in [4.78, 5) is 25.7. The average Bonchev–Trinajstić information content (AvgIpc) is 2.84. The Labute approximate surface area is 159 Å². The molecule has 3 rings (SSSR count). The number of fused-ring (bicyclic) bond motifs is 1. The predicted molar refractivity (Wildman–Crippen MR) is 109 cm³/mol. The van der Waals surface area contributed by atoms with Gasteiger partial charge in [-0.2, -0.15) is 0 Å². The summed E-state index contributed by atoms with van der Waals surface area (Å²) in [7, 11) is 0. The SMILES string of the molecule is CCCCNC(=O)c1c(NC(=O)C2C(C)(C)C2(C)C)sc2ccccc12. The Balaban J connectivity index is 1.89. The number of hydrogen-bond donors (Lipinski definition) is 2. The van der Waals surface area contributed by atoms with Crippen molar-refractivity contribution in [3.63, 3.8) is 0 Å². The van der Waals surface area contributed by atoms with Gasteiger partial charge in [0.25, 0.3) is 5.91 Å². The second-order valence-electron chi connectivity index (χ2n) is 8.28. The van der Waals surface area contributed by atoms with E-state index in [0.29, 0.717) is 17.1 Å². The molecule has 1 saturated carbocycles. The summed E-state index contributed by atoms with van der Waals surface area (Å²) in [5.74, 6) is -0.147. The number of thiophene rings is 1. The van der Waals surface area contributed by atoms with Gasteiger partial charge in [0.1, 0.15) is 5.00 Å². The van der Waals surface area contributed by atoms with E-state index >= 15 is 0 Å². The highest BCUT2D eigenvalue weighted by atomic mass is 32.1. The molecule has 2 amide bonds. The molecule has 0 radical (unpaired) electrons. The predicted octanol–water partition coefficient (Wildman–Crippen LogP) is 5.05. The van der Waals surface area contributed by atoms with Crippen LogP contribution >= 0.6 is 11.3 Å². The lowest BCUT2D eigenvalue weighted by molar-refractivity contribution is -0.118. The highest BCUT2D eigenvalue weighted by molar-refractivity contribution is 7.23. The minimum Gasteiger partial charge on any atom is -0.352 e. The maximum atomic E-state index is 12.9.